The van der Waals surface area contributed by atoms with Crippen LogP contribution in [-0.2, 0) is 4.79 Å². The average molecular weight is 468 g/mol. The van der Waals surface area contributed by atoms with Crippen LogP contribution in [0.2, 0.25) is 0 Å². The van der Waals surface area contributed by atoms with Gasteiger partial charge in [0.2, 0.25) is 11.8 Å². The Bertz CT molecular complexity index is 1340. The number of carbonyl (C=O) groups excluding carboxylic acids is 2. The topological polar surface area (TPSA) is 75.4 Å². The van der Waals surface area contributed by atoms with Gasteiger partial charge in [0, 0.05) is 35.8 Å². The third-order valence-corrected chi connectivity index (χ3v) is 6.92. The number of rotatable bonds is 5. The number of hydrogen-bond donors (Lipinski definition) is 1. The van der Waals surface area contributed by atoms with Crippen LogP contribution >= 0.6 is 0 Å². The molecule has 2 amide bonds. The number of aromatic nitrogens is 1. The molecule has 4 aromatic rings. The average Bonchev–Trinajstić information content (AvgIpc) is 3.33. The lowest BCUT2D eigenvalue weighted by Crippen LogP contribution is -2.41. The number of aryl methyl sites for hydroxylation is 1. The molecular weight excluding hydrogens is 438 g/mol. The highest BCUT2D eigenvalue weighted by atomic mass is 16.3. The molecule has 1 unspecified atom stereocenters. The zero-order chi connectivity index (χ0) is 24.4. The third kappa shape index (κ3) is 4.97. The summed E-state index contributed by atoms with van der Waals surface area (Å²) in [4.78, 5) is 32.4. The second-order valence-corrected chi connectivity index (χ2v) is 9.34. The molecule has 0 radical (unpaired) electrons. The van der Waals surface area contributed by atoms with Crippen LogP contribution in [0.25, 0.3) is 22.6 Å². The van der Waals surface area contributed by atoms with Crippen molar-refractivity contribution in [1.82, 2.24) is 9.88 Å². The first-order valence-electron chi connectivity index (χ1n) is 12.1. The minimum atomic E-state index is -0.114. The predicted molar refractivity (Wildman–Crippen MR) is 137 cm³/mol. The Morgan fingerprint density at radius 2 is 1.71 bits per heavy atom. The number of fused-ring (bicyclic) bond motifs is 1. The number of benzene rings is 3. The fourth-order valence-corrected chi connectivity index (χ4v) is 4.66. The normalized spacial score (nSPS) is 15.2. The molecule has 1 aliphatic heterocycles. The van der Waals surface area contributed by atoms with E-state index in [1.54, 1.807) is 12.1 Å². The van der Waals surface area contributed by atoms with E-state index in [0.717, 1.165) is 29.7 Å². The summed E-state index contributed by atoms with van der Waals surface area (Å²) >= 11 is 0. The van der Waals surface area contributed by atoms with Crippen LogP contribution in [0.4, 0.5) is 5.69 Å². The molecule has 0 saturated carbocycles. The van der Waals surface area contributed by atoms with Crippen LogP contribution in [-0.4, -0.2) is 34.8 Å². The molecule has 6 heteroatoms. The molecule has 35 heavy (non-hydrogen) atoms. The molecule has 1 aliphatic rings. The predicted octanol–water partition coefficient (Wildman–Crippen LogP) is 5.93. The molecule has 1 N–H and O–H groups in total. The van der Waals surface area contributed by atoms with E-state index in [1.165, 1.54) is 0 Å². The monoisotopic (exact) mass is 467 g/mol. The van der Waals surface area contributed by atoms with Gasteiger partial charge in [0.15, 0.2) is 5.58 Å². The van der Waals surface area contributed by atoms with Crippen molar-refractivity contribution in [3.05, 3.63) is 83.9 Å². The Labute approximate surface area is 205 Å². The number of amides is 2. The summed E-state index contributed by atoms with van der Waals surface area (Å²) < 4.78 is 5.87. The second kappa shape index (κ2) is 9.74. The van der Waals surface area contributed by atoms with E-state index in [2.05, 4.69) is 10.3 Å². The van der Waals surface area contributed by atoms with Gasteiger partial charge in [-0.15, -0.1) is 0 Å². The Morgan fingerprint density at radius 1 is 1.00 bits per heavy atom. The first-order chi connectivity index (χ1) is 17.0. The van der Waals surface area contributed by atoms with Gasteiger partial charge in [-0.25, -0.2) is 4.98 Å². The fraction of sp³-hybridized carbons (Fsp3) is 0.276. The molecule has 1 aromatic heterocycles. The molecule has 1 atom stereocenters. The van der Waals surface area contributed by atoms with Crippen LogP contribution in [0.3, 0.4) is 0 Å². The number of carbonyl (C=O) groups is 2. The van der Waals surface area contributed by atoms with Crippen LogP contribution in [0.15, 0.2) is 77.2 Å². The van der Waals surface area contributed by atoms with E-state index in [1.807, 2.05) is 79.4 Å². The van der Waals surface area contributed by atoms with Crippen molar-refractivity contribution in [1.29, 1.82) is 0 Å². The maximum Gasteiger partial charge on any atom is 0.253 e. The van der Waals surface area contributed by atoms with Gasteiger partial charge < -0.3 is 14.6 Å². The Balaban J connectivity index is 1.20. The molecule has 178 valence electrons. The molecule has 2 heterocycles. The largest absolute Gasteiger partial charge is 0.436 e. The molecular formula is C29H29N3O3. The maximum atomic E-state index is 13.2. The van der Waals surface area contributed by atoms with Crippen molar-refractivity contribution < 1.29 is 14.0 Å². The van der Waals surface area contributed by atoms with Gasteiger partial charge in [0.1, 0.15) is 5.52 Å². The first kappa shape index (κ1) is 22.8. The van der Waals surface area contributed by atoms with Crippen molar-refractivity contribution in [2.75, 3.05) is 18.4 Å². The lowest BCUT2D eigenvalue weighted by Gasteiger charge is -2.34. The zero-order valence-corrected chi connectivity index (χ0v) is 20.0. The number of oxazole rings is 1. The maximum absolute atomic E-state index is 13.2. The minimum absolute atomic E-state index is 0.00799. The van der Waals surface area contributed by atoms with Gasteiger partial charge in [0.05, 0.1) is 0 Å². The number of anilines is 1. The van der Waals surface area contributed by atoms with Gasteiger partial charge in [0.25, 0.3) is 5.91 Å². The number of nitrogens with one attached hydrogen (secondary N) is 1. The van der Waals surface area contributed by atoms with Crippen LogP contribution < -0.4 is 5.32 Å². The zero-order valence-electron chi connectivity index (χ0n) is 20.0. The van der Waals surface area contributed by atoms with Crippen LogP contribution in [0.1, 0.15) is 35.7 Å². The SMILES string of the molecule is Cc1ccc(NC(=O)C(C)C2CCN(C(=O)c3ccc4oc(-c5ccccc5)nc4c3)CC2)cc1. The van der Waals surface area contributed by atoms with Crippen molar-refractivity contribution in [2.24, 2.45) is 11.8 Å². The van der Waals surface area contributed by atoms with Crippen molar-refractivity contribution in [2.45, 2.75) is 26.7 Å². The Morgan fingerprint density at radius 3 is 2.43 bits per heavy atom. The lowest BCUT2D eigenvalue weighted by atomic mass is 9.84. The number of likely N-dealkylation sites (tertiary alicyclic amines) is 1. The number of piperidine rings is 1. The van der Waals surface area contributed by atoms with Crippen molar-refractivity contribution in [3.8, 4) is 11.5 Å². The van der Waals surface area contributed by atoms with E-state index < -0.39 is 0 Å². The van der Waals surface area contributed by atoms with E-state index in [9.17, 15) is 9.59 Å². The summed E-state index contributed by atoms with van der Waals surface area (Å²) in [6.07, 6.45) is 1.61. The highest BCUT2D eigenvalue weighted by Crippen LogP contribution is 2.29. The number of hydrogen-bond acceptors (Lipinski definition) is 4. The molecule has 0 bridgehead atoms. The van der Waals surface area contributed by atoms with Crippen molar-refractivity contribution >= 4 is 28.6 Å². The van der Waals surface area contributed by atoms with Crippen LogP contribution in [0, 0.1) is 18.8 Å². The fourth-order valence-electron chi connectivity index (χ4n) is 4.66. The summed E-state index contributed by atoms with van der Waals surface area (Å²) in [6, 6.07) is 23.0. The van der Waals surface area contributed by atoms with E-state index in [-0.39, 0.29) is 23.7 Å². The highest BCUT2D eigenvalue weighted by molar-refractivity contribution is 5.97. The van der Waals surface area contributed by atoms with E-state index >= 15 is 0 Å². The quantitative estimate of drug-likeness (QED) is 0.395. The van der Waals surface area contributed by atoms with Gasteiger partial charge in [-0.05, 0) is 68.1 Å². The highest BCUT2D eigenvalue weighted by Gasteiger charge is 2.30. The molecule has 0 aliphatic carbocycles. The molecule has 1 fully saturated rings. The summed E-state index contributed by atoms with van der Waals surface area (Å²) in [5.74, 6) is 0.701. The molecule has 1 saturated heterocycles. The summed E-state index contributed by atoms with van der Waals surface area (Å²) in [5.41, 5.74) is 4.82. The summed E-state index contributed by atoms with van der Waals surface area (Å²) in [7, 11) is 0. The molecule has 5 rings (SSSR count). The van der Waals surface area contributed by atoms with E-state index in [4.69, 9.17) is 4.42 Å². The Hall–Kier alpha value is -3.93. The Kier molecular flexibility index (Phi) is 6.36. The summed E-state index contributed by atoms with van der Waals surface area (Å²) in [6.45, 7) is 5.28. The van der Waals surface area contributed by atoms with Gasteiger partial charge in [-0.3, -0.25) is 9.59 Å². The van der Waals surface area contributed by atoms with Gasteiger partial charge in [-0.2, -0.15) is 0 Å². The third-order valence-electron chi connectivity index (χ3n) is 6.92. The van der Waals surface area contributed by atoms with Crippen LogP contribution in [0.5, 0.6) is 0 Å². The summed E-state index contributed by atoms with van der Waals surface area (Å²) in [5, 5.41) is 3.02. The molecule has 6 nitrogen and oxygen atoms in total. The van der Waals surface area contributed by atoms with Gasteiger partial charge in [-0.1, -0.05) is 42.8 Å². The minimum Gasteiger partial charge on any atom is -0.436 e. The molecule has 0 spiro atoms. The van der Waals surface area contributed by atoms with Crippen molar-refractivity contribution in [3.63, 3.8) is 0 Å². The standard InChI is InChI=1S/C29H29N3O3/c1-19-8-11-24(12-9-19)30-27(33)20(2)21-14-16-32(17-15-21)29(34)23-10-13-26-25(18-23)31-28(35-26)22-6-4-3-5-7-22/h3-13,18,20-21H,14-17H2,1-2H3,(H,30,33). The first-order valence-corrected chi connectivity index (χ1v) is 12.1. The second-order valence-electron chi connectivity index (χ2n) is 9.34. The van der Waals surface area contributed by atoms with Gasteiger partial charge >= 0.3 is 0 Å². The smallest absolute Gasteiger partial charge is 0.253 e. The van der Waals surface area contributed by atoms with E-state index in [0.29, 0.717) is 35.6 Å². The lowest BCUT2D eigenvalue weighted by molar-refractivity contribution is -0.121. The number of nitrogens with zero attached hydrogens (tertiary/aromatic N) is 2. The molecule has 3 aromatic carbocycles.